The highest BCUT2D eigenvalue weighted by Gasteiger charge is 2.37. The number of ether oxygens (including phenoxy) is 1. The van der Waals surface area contributed by atoms with Crippen LogP contribution in [0.5, 0.6) is 0 Å². The molecule has 0 radical (unpaired) electrons. The smallest absolute Gasteiger partial charge is 0.239 e. The molecule has 0 aromatic rings. The summed E-state index contributed by atoms with van der Waals surface area (Å²) in [4.78, 5) is 14.2. The molecule has 0 saturated carbocycles. The van der Waals surface area contributed by atoms with Crippen LogP contribution in [0.2, 0.25) is 0 Å². The second kappa shape index (κ2) is 5.65. The average molecular weight is 238 g/mol. The zero-order valence-electron chi connectivity index (χ0n) is 10.5. The lowest BCUT2D eigenvalue weighted by Gasteiger charge is -2.29. The molecule has 0 aliphatic carbocycles. The molecule has 0 aromatic heterocycles. The van der Waals surface area contributed by atoms with Crippen LogP contribution >= 0.6 is 0 Å². The third-order valence-corrected chi connectivity index (χ3v) is 3.85. The molecule has 3 atom stereocenters. The van der Waals surface area contributed by atoms with E-state index in [0.717, 1.165) is 25.8 Å². The van der Waals surface area contributed by atoms with E-state index in [2.05, 4.69) is 11.9 Å². The Labute approximate surface area is 103 Å². The zero-order valence-corrected chi connectivity index (χ0v) is 10.5. The van der Waals surface area contributed by atoms with Crippen molar-refractivity contribution in [3.8, 4) is 0 Å². The summed E-state index contributed by atoms with van der Waals surface area (Å²) in [6.45, 7) is 5.97. The minimum atomic E-state index is 0.00977. The van der Waals surface area contributed by atoms with Crippen LogP contribution in [0.15, 0.2) is 12.7 Å². The fourth-order valence-corrected chi connectivity index (χ4v) is 2.83. The normalized spacial score (nSPS) is 33.4. The molecule has 2 rings (SSSR count). The molecule has 2 fully saturated rings. The molecule has 1 N–H and O–H groups in total. The van der Waals surface area contributed by atoms with E-state index in [9.17, 15) is 4.79 Å². The first-order chi connectivity index (χ1) is 8.26. The topological polar surface area (TPSA) is 41.6 Å². The standard InChI is InChI=1S/C13H22N2O2/c1-3-10-9-15(7-8-17-2)13(16)12-6-4-5-11(10)14-12/h3,10-12,14H,1,4-9H2,2H3/t10-,11-,12?/m0/s1. The molecule has 1 amide bonds. The SMILES string of the molecule is C=C[C@H]1CN(CCOC)C(=O)C2CCC[C@@H]1N2. The maximum atomic E-state index is 12.3. The van der Waals surface area contributed by atoms with E-state index < -0.39 is 0 Å². The van der Waals surface area contributed by atoms with Crippen LogP contribution in [-0.2, 0) is 9.53 Å². The second-order valence-corrected chi connectivity index (χ2v) is 4.93. The lowest BCUT2D eigenvalue weighted by molar-refractivity contribution is -0.133. The van der Waals surface area contributed by atoms with Crippen LogP contribution in [-0.4, -0.2) is 49.7 Å². The largest absolute Gasteiger partial charge is 0.383 e. The summed E-state index contributed by atoms with van der Waals surface area (Å²) in [5.74, 6) is 0.595. The average Bonchev–Trinajstić information content (AvgIpc) is 2.46. The van der Waals surface area contributed by atoms with Crippen LogP contribution in [0.25, 0.3) is 0 Å². The van der Waals surface area contributed by atoms with Crippen LogP contribution in [0.3, 0.4) is 0 Å². The highest BCUT2D eigenvalue weighted by molar-refractivity contribution is 5.82. The first-order valence-corrected chi connectivity index (χ1v) is 6.42. The molecule has 2 aliphatic rings. The molecule has 17 heavy (non-hydrogen) atoms. The first-order valence-electron chi connectivity index (χ1n) is 6.42. The Kier molecular flexibility index (Phi) is 4.18. The Balaban J connectivity index is 2.10. The van der Waals surface area contributed by atoms with Crippen molar-refractivity contribution in [1.82, 2.24) is 10.2 Å². The quantitative estimate of drug-likeness (QED) is 0.736. The lowest BCUT2D eigenvalue weighted by atomic mass is 9.91. The number of nitrogens with one attached hydrogen (secondary N) is 1. The number of amides is 1. The van der Waals surface area contributed by atoms with Gasteiger partial charge in [-0.2, -0.15) is 0 Å². The van der Waals surface area contributed by atoms with Crippen LogP contribution < -0.4 is 5.32 Å². The lowest BCUT2D eigenvalue weighted by Crippen LogP contribution is -2.49. The monoisotopic (exact) mass is 238 g/mol. The Morgan fingerprint density at radius 3 is 3.12 bits per heavy atom. The Hall–Kier alpha value is -0.870. The molecular weight excluding hydrogens is 216 g/mol. The van der Waals surface area contributed by atoms with Crippen molar-refractivity contribution in [2.45, 2.75) is 31.3 Å². The molecule has 2 bridgehead atoms. The van der Waals surface area contributed by atoms with Gasteiger partial charge in [0.15, 0.2) is 0 Å². The minimum absolute atomic E-state index is 0.00977. The Bertz CT molecular complexity index is 293. The molecule has 4 nitrogen and oxygen atoms in total. The van der Waals surface area contributed by atoms with E-state index in [4.69, 9.17) is 4.74 Å². The summed E-state index contributed by atoms with van der Waals surface area (Å²) in [6, 6.07) is 0.429. The van der Waals surface area contributed by atoms with Gasteiger partial charge in [0.05, 0.1) is 12.6 Å². The van der Waals surface area contributed by atoms with E-state index in [1.807, 2.05) is 11.0 Å². The predicted octanol–water partition coefficient (Wildman–Crippen LogP) is 0.788. The van der Waals surface area contributed by atoms with E-state index in [1.165, 1.54) is 0 Å². The van der Waals surface area contributed by atoms with E-state index >= 15 is 0 Å². The third-order valence-electron chi connectivity index (χ3n) is 3.85. The van der Waals surface area contributed by atoms with Crippen molar-refractivity contribution >= 4 is 5.91 Å². The van der Waals surface area contributed by atoms with Crippen molar-refractivity contribution < 1.29 is 9.53 Å². The number of carbonyl (C=O) groups excluding carboxylic acids is 1. The van der Waals surface area contributed by atoms with Gasteiger partial charge in [-0.3, -0.25) is 4.79 Å². The minimum Gasteiger partial charge on any atom is -0.383 e. The summed E-state index contributed by atoms with van der Waals surface area (Å²) < 4.78 is 5.07. The molecule has 2 heterocycles. The molecule has 2 aliphatic heterocycles. The molecule has 0 spiro atoms. The van der Waals surface area contributed by atoms with Gasteiger partial charge in [0.1, 0.15) is 0 Å². The van der Waals surface area contributed by atoms with Crippen molar-refractivity contribution in [2.75, 3.05) is 26.8 Å². The summed E-state index contributed by atoms with van der Waals surface area (Å²) >= 11 is 0. The summed E-state index contributed by atoms with van der Waals surface area (Å²) in [6.07, 6.45) is 5.23. The molecule has 96 valence electrons. The molecule has 2 saturated heterocycles. The number of hydrogen-bond donors (Lipinski definition) is 1. The van der Waals surface area contributed by atoms with Gasteiger partial charge >= 0.3 is 0 Å². The number of rotatable bonds is 4. The number of methoxy groups -OCH3 is 1. The maximum absolute atomic E-state index is 12.3. The van der Waals surface area contributed by atoms with Gasteiger partial charge in [-0.1, -0.05) is 6.08 Å². The van der Waals surface area contributed by atoms with Gasteiger partial charge < -0.3 is 15.0 Å². The summed E-state index contributed by atoms with van der Waals surface area (Å²) in [7, 11) is 1.67. The summed E-state index contributed by atoms with van der Waals surface area (Å²) in [5.41, 5.74) is 0. The van der Waals surface area contributed by atoms with Crippen molar-refractivity contribution in [1.29, 1.82) is 0 Å². The fourth-order valence-electron chi connectivity index (χ4n) is 2.83. The van der Waals surface area contributed by atoms with Crippen molar-refractivity contribution in [2.24, 2.45) is 5.92 Å². The number of carbonyl (C=O) groups is 1. The molecule has 4 heteroatoms. The van der Waals surface area contributed by atoms with E-state index in [0.29, 0.717) is 25.1 Å². The van der Waals surface area contributed by atoms with Gasteiger partial charge in [0.25, 0.3) is 0 Å². The number of fused-ring (bicyclic) bond motifs is 2. The predicted molar refractivity (Wildman–Crippen MR) is 66.7 cm³/mol. The van der Waals surface area contributed by atoms with Gasteiger partial charge in [-0.25, -0.2) is 0 Å². The van der Waals surface area contributed by atoms with Crippen LogP contribution in [0.1, 0.15) is 19.3 Å². The van der Waals surface area contributed by atoms with Gasteiger partial charge in [-0.05, 0) is 19.3 Å². The van der Waals surface area contributed by atoms with Crippen LogP contribution in [0, 0.1) is 5.92 Å². The Morgan fingerprint density at radius 2 is 2.41 bits per heavy atom. The molecular formula is C13H22N2O2. The van der Waals surface area contributed by atoms with Crippen molar-refractivity contribution in [3.05, 3.63) is 12.7 Å². The van der Waals surface area contributed by atoms with Gasteiger partial charge in [-0.15, -0.1) is 6.58 Å². The summed E-state index contributed by atoms with van der Waals surface area (Å²) in [5, 5.41) is 3.47. The molecule has 1 unspecified atom stereocenters. The fraction of sp³-hybridized carbons (Fsp3) is 0.769. The van der Waals surface area contributed by atoms with Gasteiger partial charge in [0, 0.05) is 32.2 Å². The number of nitrogens with zero attached hydrogens (tertiary/aromatic N) is 1. The highest BCUT2D eigenvalue weighted by Crippen LogP contribution is 2.25. The number of piperidine rings is 1. The Morgan fingerprint density at radius 1 is 1.59 bits per heavy atom. The highest BCUT2D eigenvalue weighted by atomic mass is 16.5. The van der Waals surface area contributed by atoms with Crippen LogP contribution in [0.4, 0.5) is 0 Å². The third kappa shape index (κ3) is 2.69. The van der Waals surface area contributed by atoms with Gasteiger partial charge in [0.2, 0.25) is 5.91 Å². The second-order valence-electron chi connectivity index (χ2n) is 4.93. The first kappa shape index (κ1) is 12.6. The molecule has 0 aromatic carbocycles. The van der Waals surface area contributed by atoms with Crippen molar-refractivity contribution in [3.63, 3.8) is 0 Å². The number of hydrogen-bond acceptors (Lipinski definition) is 3. The van der Waals surface area contributed by atoms with E-state index in [-0.39, 0.29) is 11.9 Å². The van der Waals surface area contributed by atoms with E-state index in [1.54, 1.807) is 7.11 Å². The maximum Gasteiger partial charge on any atom is 0.239 e. The zero-order chi connectivity index (χ0) is 12.3.